The van der Waals surface area contributed by atoms with Crippen molar-refractivity contribution in [1.29, 1.82) is 0 Å². The van der Waals surface area contributed by atoms with Gasteiger partial charge in [0.1, 0.15) is 5.82 Å². The minimum absolute atomic E-state index is 0.148. The van der Waals surface area contributed by atoms with Crippen molar-refractivity contribution >= 4 is 23.4 Å². The van der Waals surface area contributed by atoms with Gasteiger partial charge in [-0.05, 0) is 30.2 Å². The summed E-state index contributed by atoms with van der Waals surface area (Å²) < 4.78 is 13.6. The number of aliphatic carboxylic acids is 1. The van der Waals surface area contributed by atoms with Gasteiger partial charge in [0.2, 0.25) is 0 Å². The van der Waals surface area contributed by atoms with Crippen LogP contribution in [-0.4, -0.2) is 21.3 Å². The van der Waals surface area contributed by atoms with Crippen LogP contribution < -0.4 is 5.32 Å². The molecule has 4 rings (SSSR count). The SMILES string of the molecule is CC1=C(C(=O)O)C(c2ccc(F)cc2Cl)c2c(n[nH]c2-c2ccccc2)N1. The van der Waals surface area contributed by atoms with Crippen LogP contribution in [-0.2, 0) is 4.79 Å². The number of hydrogen-bond acceptors (Lipinski definition) is 3. The Kier molecular flexibility index (Phi) is 4.20. The molecular formula is C20H15ClFN3O2. The monoisotopic (exact) mass is 383 g/mol. The molecule has 7 heteroatoms. The third-order valence-electron chi connectivity index (χ3n) is 4.66. The molecule has 0 bridgehead atoms. The van der Waals surface area contributed by atoms with Gasteiger partial charge in [-0.25, -0.2) is 9.18 Å². The molecule has 1 atom stereocenters. The van der Waals surface area contributed by atoms with E-state index in [1.165, 1.54) is 18.2 Å². The maximum Gasteiger partial charge on any atom is 0.334 e. The number of benzene rings is 2. The molecule has 0 spiro atoms. The lowest BCUT2D eigenvalue weighted by molar-refractivity contribution is -0.132. The maximum atomic E-state index is 13.6. The van der Waals surface area contributed by atoms with Crippen LogP contribution in [0, 0.1) is 5.82 Å². The van der Waals surface area contributed by atoms with Crippen LogP contribution in [0.5, 0.6) is 0 Å². The van der Waals surface area contributed by atoms with Crippen LogP contribution in [0.4, 0.5) is 10.2 Å². The molecule has 2 heterocycles. The van der Waals surface area contributed by atoms with Gasteiger partial charge in [-0.15, -0.1) is 0 Å². The van der Waals surface area contributed by atoms with Crippen molar-refractivity contribution in [1.82, 2.24) is 10.2 Å². The fraction of sp³-hybridized carbons (Fsp3) is 0.100. The molecule has 5 nitrogen and oxygen atoms in total. The Morgan fingerprint density at radius 1 is 1.22 bits per heavy atom. The summed E-state index contributed by atoms with van der Waals surface area (Å²) in [5.41, 5.74) is 3.34. The highest BCUT2D eigenvalue weighted by Crippen LogP contribution is 2.47. The molecule has 136 valence electrons. The smallest absolute Gasteiger partial charge is 0.334 e. The van der Waals surface area contributed by atoms with Crippen molar-refractivity contribution in [3.05, 3.63) is 81.8 Å². The van der Waals surface area contributed by atoms with E-state index in [1.807, 2.05) is 30.3 Å². The van der Waals surface area contributed by atoms with Gasteiger partial charge in [0.05, 0.1) is 17.2 Å². The number of nitrogens with zero attached hydrogens (tertiary/aromatic N) is 1. The van der Waals surface area contributed by atoms with Crippen molar-refractivity contribution in [3.63, 3.8) is 0 Å². The van der Waals surface area contributed by atoms with Crippen molar-refractivity contribution in [3.8, 4) is 11.3 Å². The van der Waals surface area contributed by atoms with E-state index in [9.17, 15) is 14.3 Å². The largest absolute Gasteiger partial charge is 0.478 e. The predicted molar refractivity (Wildman–Crippen MR) is 101 cm³/mol. The van der Waals surface area contributed by atoms with E-state index in [0.29, 0.717) is 28.3 Å². The van der Waals surface area contributed by atoms with Crippen molar-refractivity contribution < 1.29 is 14.3 Å². The summed E-state index contributed by atoms with van der Waals surface area (Å²) in [6, 6.07) is 13.5. The molecule has 1 aliphatic heterocycles. The molecule has 0 aliphatic carbocycles. The molecule has 3 aromatic rings. The van der Waals surface area contributed by atoms with Crippen LogP contribution in [0.2, 0.25) is 5.02 Å². The summed E-state index contributed by atoms with van der Waals surface area (Å²) in [6.07, 6.45) is 0. The molecule has 0 saturated heterocycles. The first-order valence-electron chi connectivity index (χ1n) is 8.27. The van der Waals surface area contributed by atoms with E-state index in [2.05, 4.69) is 15.5 Å². The third kappa shape index (κ3) is 2.88. The Hall–Kier alpha value is -3.12. The Morgan fingerprint density at radius 3 is 2.63 bits per heavy atom. The molecule has 0 amide bonds. The number of H-pyrrole nitrogens is 1. The lowest BCUT2D eigenvalue weighted by atomic mass is 9.80. The molecule has 2 aromatic carbocycles. The second-order valence-electron chi connectivity index (χ2n) is 6.29. The lowest BCUT2D eigenvalue weighted by Crippen LogP contribution is -2.23. The van der Waals surface area contributed by atoms with Gasteiger partial charge in [0, 0.05) is 16.3 Å². The minimum Gasteiger partial charge on any atom is -0.478 e. The van der Waals surface area contributed by atoms with Crippen molar-refractivity contribution in [2.45, 2.75) is 12.8 Å². The van der Waals surface area contributed by atoms with E-state index in [0.717, 1.165) is 5.56 Å². The van der Waals surface area contributed by atoms with Crippen molar-refractivity contribution in [2.24, 2.45) is 0 Å². The summed E-state index contributed by atoms with van der Waals surface area (Å²) in [5, 5.41) is 20.4. The summed E-state index contributed by atoms with van der Waals surface area (Å²) in [6.45, 7) is 1.67. The molecule has 1 unspecified atom stereocenters. The maximum absolute atomic E-state index is 13.6. The van der Waals surface area contributed by atoms with Crippen LogP contribution in [0.3, 0.4) is 0 Å². The topological polar surface area (TPSA) is 78.0 Å². The first-order valence-corrected chi connectivity index (χ1v) is 8.65. The van der Waals surface area contributed by atoms with Gasteiger partial charge in [0.15, 0.2) is 5.82 Å². The zero-order valence-corrected chi connectivity index (χ0v) is 15.0. The predicted octanol–water partition coefficient (Wildman–Crippen LogP) is 4.79. The number of aromatic nitrogens is 2. The molecule has 3 N–H and O–H groups in total. The summed E-state index contributed by atoms with van der Waals surface area (Å²) in [5.74, 6) is -1.72. The lowest BCUT2D eigenvalue weighted by Gasteiger charge is -2.27. The van der Waals surface area contributed by atoms with E-state index in [1.54, 1.807) is 6.92 Å². The van der Waals surface area contributed by atoms with E-state index in [4.69, 9.17) is 11.6 Å². The van der Waals surface area contributed by atoms with Crippen LogP contribution >= 0.6 is 11.6 Å². The summed E-state index contributed by atoms with van der Waals surface area (Å²) in [4.78, 5) is 12.1. The number of nitrogens with one attached hydrogen (secondary N) is 2. The standard InChI is InChI=1S/C20H15ClFN3O2/c1-10-15(20(26)27)16(13-8-7-12(22)9-14(13)21)17-18(24-25-19(17)23-10)11-5-3-2-4-6-11/h2-9,16H,1H3,(H,26,27)(H2,23,24,25). The Morgan fingerprint density at radius 2 is 1.96 bits per heavy atom. The number of rotatable bonds is 3. The second kappa shape index (κ2) is 6.55. The van der Waals surface area contributed by atoms with Gasteiger partial charge in [0.25, 0.3) is 0 Å². The second-order valence-corrected chi connectivity index (χ2v) is 6.70. The Bertz CT molecular complexity index is 1080. The molecular weight excluding hydrogens is 369 g/mol. The van der Waals surface area contributed by atoms with Crippen LogP contribution in [0.1, 0.15) is 24.0 Å². The number of halogens is 2. The number of fused-ring (bicyclic) bond motifs is 1. The van der Waals surface area contributed by atoms with Gasteiger partial charge in [-0.1, -0.05) is 48.0 Å². The van der Waals surface area contributed by atoms with E-state index in [-0.39, 0.29) is 10.6 Å². The minimum atomic E-state index is -1.07. The van der Waals surface area contributed by atoms with Crippen LogP contribution in [0.25, 0.3) is 11.3 Å². The Labute approximate surface area is 159 Å². The highest BCUT2D eigenvalue weighted by atomic mass is 35.5. The first kappa shape index (κ1) is 17.3. The average Bonchev–Trinajstić information content (AvgIpc) is 3.05. The highest BCUT2D eigenvalue weighted by molar-refractivity contribution is 6.31. The highest BCUT2D eigenvalue weighted by Gasteiger charge is 2.37. The third-order valence-corrected chi connectivity index (χ3v) is 4.98. The number of carboxylic acids is 1. The molecule has 0 fully saturated rings. The molecule has 0 saturated carbocycles. The van der Waals surface area contributed by atoms with E-state index >= 15 is 0 Å². The quantitative estimate of drug-likeness (QED) is 0.608. The number of hydrogen-bond donors (Lipinski definition) is 3. The fourth-order valence-corrected chi connectivity index (χ4v) is 3.76. The molecule has 27 heavy (non-hydrogen) atoms. The average molecular weight is 384 g/mol. The molecule has 1 aromatic heterocycles. The first-order chi connectivity index (χ1) is 13.0. The Balaban J connectivity index is 2.00. The van der Waals surface area contributed by atoms with Crippen LogP contribution in [0.15, 0.2) is 59.8 Å². The van der Waals surface area contributed by atoms with Crippen molar-refractivity contribution in [2.75, 3.05) is 5.32 Å². The van der Waals surface area contributed by atoms with E-state index < -0.39 is 17.7 Å². The summed E-state index contributed by atoms with van der Waals surface area (Å²) in [7, 11) is 0. The number of carbonyl (C=O) groups is 1. The number of aromatic amines is 1. The molecule has 0 radical (unpaired) electrons. The fourth-order valence-electron chi connectivity index (χ4n) is 3.49. The number of allylic oxidation sites excluding steroid dienone is 1. The molecule has 1 aliphatic rings. The number of anilines is 1. The van der Waals surface area contributed by atoms with Gasteiger partial charge in [-0.3, -0.25) is 5.10 Å². The normalized spacial score (nSPS) is 16.0. The zero-order valence-electron chi connectivity index (χ0n) is 14.3. The van der Waals surface area contributed by atoms with Gasteiger partial charge >= 0.3 is 5.97 Å². The van der Waals surface area contributed by atoms with Gasteiger partial charge in [-0.2, -0.15) is 5.10 Å². The van der Waals surface area contributed by atoms with Gasteiger partial charge < -0.3 is 10.4 Å². The summed E-state index contributed by atoms with van der Waals surface area (Å²) >= 11 is 6.31. The zero-order chi connectivity index (χ0) is 19.1. The number of carboxylic acid groups (broad SMARTS) is 1.